The number of rotatable bonds is 9. The number of hydrogen-bond donors (Lipinski definition) is 2. The molecule has 0 spiro atoms. The summed E-state index contributed by atoms with van der Waals surface area (Å²) < 4.78 is 52.2. The maximum atomic E-state index is 13.6. The van der Waals surface area contributed by atoms with Crippen molar-refractivity contribution in [2.75, 3.05) is 44.0 Å². The summed E-state index contributed by atoms with van der Waals surface area (Å²) in [6, 6.07) is 9.06. The highest BCUT2D eigenvalue weighted by atomic mass is 19.4. The molecule has 1 saturated carbocycles. The molecule has 308 valence electrons. The third-order valence-corrected chi connectivity index (χ3v) is 12.2. The fourth-order valence-corrected chi connectivity index (χ4v) is 9.17. The quantitative estimate of drug-likeness (QED) is 0.196. The Balaban J connectivity index is 0.871. The number of amides is 3. The first-order chi connectivity index (χ1) is 27.7. The summed E-state index contributed by atoms with van der Waals surface area (Å²) in [5.41, 5.74) is 1.23. The van der Waals surface area contributed by atoms with E-state index in [0.29, 0.717) is 29.4 Å². The smallest absolute Gasteiger partial charge is 0.420 e. The lowest BCUT2D eigenvalue weighted by molar-refractivity contribution is -0.138. The minimum absolute atomic E-state index is 0.188. The van der Waals surface area contributed by atoms with Crippen LogP contribution in [0.25, 0.3) is 21.9 Å². The van der Waals surface area contributed by atoms with E-state index in [9.17, 15) is 32.3 Å². The van der Waals surface area contributed by atoms with Crippen molar-refractivity contribution in [2.45, 2.75) is 75.7 Å². The number of piperidine rings is 2. The van der Waals surface area contributed by atoms with Crippen LogP contribution >= 0.6 is 0 Å². The molecule has 2 aliphatic heterocycles. The van der Waals surface area contributed by atoms with E-state index in [-0.39, 0.29) is 35.5 Å². The summed E-state index contributed by atoms with van der Waals surface area (Å²) in [5.74, 6) is -0.933. The lowest BCUT2D eigenvalue weighted by Gasteiger charge is -2.40. The third-order valence-electron chi connectivity index (χ3n) is 12.2. The highest BCUT2D eigenvalue weighted by Crippen LogP contribution is 2.38. The van der Waals surface area contributed by atoms with Crippen LogP contribution in [0, 0.1) is 5.92 Å². The fourth-order valence-electron chi connectivity index (χ4n) is 9.17. The van der Waals surface area contributed by atoms with Gasteiger partial charge in [-0.15, -0.1) is 0 Å². The van der Waals surface area contributed by atoms with Crippen molar-refractivity contribution in [1.29, 1.82) is 0 Å². The molecule has 2 saturated heterocycles. The van der Waals surface area contributed by atoms with Crippen molar-refractivity contribution in [3.05, 3.63) is 64.5 Å². The number of aryl methyl sites for hydroxylation is 2. The van der Waals surface area contributed by atoms with Crippen LogP contribution in [0.4, 0.5) is 24.5 Å². The number of nitrogens with zero attached hydrogens (tertiary/aromatic N) is 8. The number of carbonyl (C=O) groups excluding carboxylic acids is 3. The van der Waals surface area contributed by atoms with Gasteiger partial charge in [-0.25, -0.2) is 4.79 Å². The van der Waals surface area contributed by atoms with E-state index in [4.69, 9.17) is 9.84 Å². The van der Waals surface area contributed by atoms with Crippen molar-refractivity contribution < 1.29 is 32.3 Å². The number of methoxy groups -OCH3 is 1. The Morgan fingerprint density at radius 2 is 1.74 bits per heavy atom. The van der Waals surface area contributed by atoms with Crippen LogP contribution in [0.2, 0.25) is 0 Å². The third kappa shape index (κ3) is 7.33. The van der Waals surface area contributed by atoms with Gasteiger partial charge in [-0.3, -0.25) is 38.2 Å². The van der Waals surface area contributed by atoms with Gasteiger partial charge in [0.15, 0.2) is 5.69 Å². The Labute approximate surface area is 331 Å². The molecule has 3 amide bonds. The highest BCUT2D eigenvalue weighted by molar-refractivity contribution is 6.06. The van der Waals surface area contributed by atoms with E-state index in [1.807, 2.05) is 29.1 Å². The minimum Gasteiger partial charge on any atom is -0.494 e. The standard InChI is InChI=1S/C40H47F3N10O5/c1-48(25-14-16-51(17-15-25)30-6-5-7-31-36(30)50(3)39(57)53(31)32-12-13-34(54)45-37(32)55)20-23-8-10-26(11-9-23)52-21-24-18-29(33(58-4)19-28(24)46-52)44-38(56)35-27(40(41,42)43)22-49(2)47-35/h5-7,18-19,21-23,25-26,32H,8-17,20H2,1-4H3,(H,44,56)(H,45,54,55)/t23-,26-,32?. The van der Waals surface area contributed by atoms with Crippen LogP contribution in [-0.4, -0.2) is 91.2 Å². The lowest BCUT2D eigenvalue weighted by atomic mass is 9.85. The Hall–Kier alpha value is -5.65. The number of carbonyl (C=O) groups is 3. The Kier molecular flexibility index (Phi) is 10.3. The lowest BCUT2D eigenvalue weighted by Crippen LogP contribution is -2.45. The van der Waals surface area contributed by atoms with Crippen LogP contribution in [0.3, 0.4) is 0 Å². The summed E-state index contributed by atoms with van der Waals surface area (Å²) in [7, 11) is 6.70. The monoisotopic (exact) mass is 804 g/mol. The predicted molar refractivity (Wildman–Crippen MR) is 210 cm³/mol. The van der Waals surface area contributed by atoms with Crippen molar-refractivity contribution >= 4 is 51.0 Å². The van der Waals surface area contributed by atoms with Crippen molar-refractivity contribution in [2.24, 2.45) is 20.0 Å². The van der Waals surface area contributed by atoms with Gasteiger partial charge in [-0.05, 0) is 76.1 Å². The number of benzene rings is 2. The average Bonchev–Trinajstić information content (AvgIpc) is 3.88. The number of fused-ring (bicyclic) bond motifs is 2. The van der Waals surface area contributed by atoms with Crippen molar-refractivity contribution in [1.82, 2.24) is 38.9 Å². The zero-order chi connectivity index (χ0) is 41.0. The Morgan fingerprint density at radius 1 is 1.00 bits per heavy atom. The SMILES string of the molecule is COc1cc2nn([C@H]3CC[C@H](CN(C)C4CCN(c5cccc6c5n(C)c(=O)n6C5CCC(=O)NC5=O)CC4)CC3)cc2cc1NC(=O)c1nn(C)cc1C(F)(F)F. The molecule has 58 heavy (non-hydrogen) atoms. The van der Waals surface area contributed by atoms with Crippen molar-refractivity contribution in [3.8, 4) is 5.75 Å². The van der Waals surface area contributed by atoms with Gasteiger partial charge >= 0.3 is 11.9 Å². The van der Waals surface area contributed by atoms with Gasteiger partial charge in [0.05, 0.1) is 41.1 Å². The maximum absolute atomic E-state index is 13.6. The molecule has 1 aliphatic carbocycles. The van der Waals surface area contributed by atoms with E-state index in [2.05, 4.69) is 32.6 Å². The average molecular weight is 805 g/mol. The van der Waals surface area contributed by atoms with Gasteiger partial charge < -0.3 is 19.9 Å². The van der Waals surface area contributed by atoms with Gasteiger partial charge in [0, 0.05) is 70.0 Å². The first-order valence-corrected chi connectivity index (χ1v) is 19.7. The maximum Gasteiger partial charge on any atom is 0.420 e. The molecule has 0 bridgehead atoms. The van der Waals surface area contributed by atoms with Gasteiger partial charge in [-0.1, -0.05) is 6.07 Å². The zero-order valence-electron chi connectivity index (χ0n) is 32.9. The topological polar surface area (TPSA) is 154 Å². The molecular formula is C40H47F3N10O5. The second-order valence-corrected chi connectivity index (χ2v) is 15.9. The van der Waals surface area contributed by atoms with E-state index in [1.54, 1.807) is 23.7 Å². The van der Waals surface area contributed by atoms with Gasteiger partial charge in [0.1, 0.15) is 17.4 Å². The normalized spacial score (nSPS) is 21.0. The molecule has 2 aromatic carbocycles. The van der Waals surface area contributed by atoms with E-state index < -0.39 is 35.3 Å². The van der Waals surface area contributed by atoms with Crippen LogP contribution in [-0.2, 0) is 29.9 Å². The van der Waals surface area contributed by atoms with Crippen molar-refractivity contribution in [3.63, 3.8) is 0 Å². The second-order valence-electron chi connectivity index (χ2n) is 15.9. The summed E-state index contributed by atoms with van der Waals surface area (Å²) >= 11 is 0. The second kappa shape index (κ2) is 15.3. The number of para-hydroxylation sites is 1. The summed E-state index contributed by atoms with van der Waals surface area (Å²) in [6.07, 6.45) is 4.38. The predicted octanol–water partition coefficient (Wildman–Crippen LogP) is 5.01. The molecule has 8 rings (SSSR count). The molecule has 2 N–H and O–H groups in total. The number of imide groups is 1. The summed E-state index contributed by atoms with van der Waals surface area (Å²) in [6.45, 7) is 2.66. The van der Waals surface area contributed by atoms with Crippen LogP contribution in [0.1, 0.15) is 79.5 Å². The molecule has 3 aliphatic rings. The van der Waals surface area contributed by atoms with Gasteiger partial charge in [0.2, 0.25) is 11.8 Å². The summed E-state index contributed by atoms with van der Waals surface area (Å²) in [5, 5.41) is 14.2. The molecular weight excluding hydrogens is 757 g/mol. The zero-order valence-corrected chi connectivity index (χ0v) is 32.9. The molecule has 15 nitrogen and oxygen atoms in total. The largest absolute Gasteiger partial charge is 0.494 e. The van der Waals surface area contributed by atoms with Gasteiger partial charge in [-0.2, -0.15) is 23.4 Å². The Morgan fingerprint density at radius 3 is 2.43 bits per heavy atom. The number of nitrogens with one attached hydrogen (secondary N) is 2. The van der Waals surface area contributed by atoms with Crippen LogP contribution < -0.4 is 26.0 Å². The highest BCUT2D eigenvalue weighted by Gasteiger charge is 2.38. The number of aromatic nitrogens is 6. The molecule has 5 heterocycles. The Bertz CT molecular complexity index is 2450. The first-order valence-electron chi connectivity index (χ1n) is 19.7. The van der Waals surface area contributed by atoms with E-state index >= 15 is 0 Å². The van der Waals surface area contributed by atoms with E-state index in [0.717, 1.165) is 85.6 Å². The molecule has 3 aromatic heterocycles. The van der Waals surface area contributed by atoms with Crippen LogP contribution in [0.15, 0.2) is 47.5 Å². The minimum atomic E-state index is -4.73. The molecule has 5 aromatic rings. The molecule has 18 heteroatoms. The molecule has 0 radical (unpaired) electrons. The molecule has 3 fully saturated rings. The molecule has 1 unspecified atom stereocenters. The fraction of sp³-hybridized carbons (Fsp3) is 0.500. The summed E-state index contributed by atoms with van der Waals surface area (Å²) in [4.78, 5) is 55.7. The number of halogens is 3. The first kappa shape index (κ1) is 39.2. The van der Waals surface area contributed by atoms with Crippen LogP contribution in [0.5, 0.6) is 5.75 Å². The number of ether oxygens (including phenoxy) is 1. The van der Waals surface area contributed by atoms with Gasteiger partial charge in [0.25, 0.3) is 5.91 Å². The number of hydrogen-bond acceptors (Lipinski definition) is 9. The number of anilines is 2. The molecule has 1 atom stereocenters. The van der Waals surface area contributed by atoms with E-state index in [1.165, 1.54) is 18.7 Å². The number of imidazole rings is 1. The number of alkyl halides is 3.